The first kappa shape index (κ1) is 14.0. The van der Waals surface area contributed by atoms with Crippen molar-refractivity contribution in [1.29, 1.82) is 0 Å². The average molecular weight is 280 g/mol. The van der Waals surface area contributed by atoms with Crippen LogP contribution in [0.1, 0.15) is 20.8 Å². The van der Waals surface area contributed by atoms with Gasteiger partial charge in [-0.15, -0.1) is 11.3 Å². The Morgan fingerprint density at radius 1 is 1.42 bits per heavy atom. The molecule has 0 spiro atoms. The Balaban J connectivity index is 2.25. The van der Waals surface area contributed by atoms with E-state index in [9.17, 15) is 0 Å². The van der Waals surface area contributed by atoms with E-state index in [1.54, 1.807) is 11.3 Å². The van der Waals surface area contributed by atoms with Gasteiger partial charge in [-0.3, -0.25) is 0 Å². The number of nitrogen functional groups attached to an aromatic ring is 1. The molecule has 0 aliphatic rings. The summed E-state index contributed by atoms with van der Waals surface area (Å²) >= 11 is 1.57. The van der Waals surface area contributed by atoms with Crippen LogP contribution in [0, 0.1) is 5.92 Å². The maximum absolute atomic E-state index is 5.75. The van der Waals surface area contributed by atoms with Crippen LogP contribution in [0.2, 0.25) is 0 Å². The summed E-state index contributed by atoms with van der Waals surface area (Å²) in [7, 11) is 0. The molecule has 2 heterocycles. The first-order valence-electron chi connectivity index (χ1n) is 6.46. The topological polar surface area (TPSA) is 73.1 Å². The van der Waals surface area contributed by atoms with Crippen LogP contribution in [0.5, 0.6) is 0 Å². The number of thiophene rings is 1. The van der Waals surface area contributed by atoms with Gasteiger partial charge in [-0.25, -0.2) is 4.98 Å². The molecule has 2 aromatic rings. The molecule has 5 nitrogen and oxygen atoms in total. The smallest absolute Gasteiger partial charge is 0.223 e. The van der Waals surface area contributed by atoms with E-state index in [2.05, 4.69) is 29.1 Å². The Labute approximate surface area is 117 Å². The minimum absolute atomic E-state index is 0.206. The van der Waals surface area contributed by atoms with Gasteiger partial charge in [-0.05, 0) is 24.3 Å². The Hall–Kier alpha value is -1.40. The van der Waals surface area contributed by atoms with Gasteiger partial charge in [-0.2, -0.15) is 4.98 Å². The summed E-state index contributed by atoms with van der Waals surface area (Å²) in [4.78, 5) is 9.45. The number of nitrogens with two attached hydrogens (primary N) is 1. The second kappa shape index (κ2) is 6.16. The molecule has 0 aromatic carbocycles. The van der Waals surface area contributed by atoms with E-state index in [1.807, 2.05) is 18.4 Å². The quantitative estimate of drug-likeness (QED) is 0.851. The Bertz CT molecular complexity index is 540. The van der Waals surface area contributed by atoms with E-state index in [-0.39, 0.29) is 6.04 Å². The van der Waals surface area contributed by atoms with Crippen LogP contribution in [-0.2, 0) is 4.74 Å². The molecule has 0 amide bonds. The number of hydrogen-bond acceptors (Lipinski definition) is 6. The number of ether oxygens (including phenoxy) is 1. The standard InChI is InChI=1S/C13H20N4OS/c1-4-18-7-10(8(2)3)15-11-9-5-6-19-12(9)17-13(14)16-11/h5-6,8,10H,4,7H2,1-3H3,(H3,14,15,16,17). The van der Waals surface area contributed by atoms with Gasteiger partial charge in [0, 0.05) is 6.61 Å². The lowest BCUT2D eigenvalue weighted by Gasteiger charge is -2.23. The van der Waals surface area contributed by atoms with Crippen molar-refractivity contribution in [3.8, 4) is 0 Å². The van der Waals surface area contributed by atoms with Gasteiger partial charge >= 0.3 is 0 Å². The average Bonchev–Trinajstić information content (AvgIpc) is 2.81. The first-order chi connectivity index (χ1) is 9.11. The van der Waals surface area contributed by atoms with Crippen molar-refractivity contribution in [3.05, 3.63) is 11.4 Å². The molecule has 0 aliphatic carbocycles. The lowest BCUT2D eigenvalue weighted by molar-refractivity contribution is 0.126. The third-order valence-electron chi connectivity index (χ3n) is 2.97. The SMILES string of the molecule is CCOCC(Nc1nc(N)nc2sccc12)C(C)C. The number of nitrogens with zero attached hydrogens (tertiary/aromatic N) is 2. The number of nitrogens with one attached hydrogen (secondary N) is 1. The zero-order chi connectivity index (χ0) is 13.8. The van der Waals surface area contributed by atoms with Crippen LogP contribution >= 0.6 is 11.3 Å². The molecule has 3 N–H and O–H groups in total. The summed E-state index contributed by atoms with van der Waals surface area (Å²) in [6.45, 7) is 7.68. The van der Waals surface area contributed by atoms with E-state index in [4.69, 9.17) is 10.5 Å². The van der Waals surface area contributed by atoms with Crippen LogP contribution in [0.4, 0.5) is 11.8 Å². The normalized spacial score (nSPS) is 13.1. The Morgan fingerprint density at radius 2 is 2.21 bits per heavy atom. The largest absolute Gasteiger partial charge is 0.380 e. The molecule has 0 bridgehead atoms. The number of anilines is 2. The van der Waals surface area contributed by atoms with Gasteiger partial charge in [0.25, 0.3) is 0 Å². The summed E-state index contributed by atoms with van der Waals surface area (Å²) in [6, 6.07) is 2.22. The maximum atomic E-state index is 5.75. The fourth-order valence-corrected chi connectivity index (χ4v) is 2.57. The molecule has 1 atom stereocenters. The van der Waals surface area contributed by atoms with Crippen LogP contribution in [0.25, 0.3) is 10.2 Å². The second-order valence-corrected chi connectivity index (χ2v) is 5.62. The van der Waals surface area contributed by atoms with E-state index in [0.29, 0.717) is 25.1 Å². The van der Waals surface area contributed by atoms with Gasteiger partial charge in [-0.1, -0.05) is 13.8 Å². The number of rotatable bonds is 6. The van der Waals surface area contributed by atoms with E-state index in [0.717, 1.165) is 16.0 Å². The minimum Gasteiger partial charge on any atom is -0.380 e. The lowest BCUT2D eigenvalue weighted by Crippen LogP contribution is -2.31. The molecule has 0 aliphatic heterocycles. The molecule has 0 fully saturated rings. The molecule has 2 aromatic heterocycles. The second-order valence-electron chi connectivity index (χ2n) is 4.72. The Kier molecular flexibility index (Phi) is 4.55. The highest BCUT2D eigenvalue weighted by Gasteiger charge is 2.16. The molecule has 104 valence electrons. The van der Waals surface area contributed by atoms with Crippen molar-refractivity contribution in [2.45, 2.75) is 26.8 Å². The highest BCUT2D eigenvalue weighted by Crippen LogP contribution is 2.26. The van der Waals surface area contributed by atoms with Crippen molar-refractivity contribution in [2.75, 3.05) is 24.3 Å². The zero-order valence-corrected chi connectivity index (χ0v) is 12.3. The molecular formula is C13H20N4OS. The fraction of sp³-hybridized carbons (Fsp3) is 0.538. The molecule has 19 heavy (non-hydrogen) atoms. The van der Waals surface area contributed by atoms with Crippen LogP contribution in [0.3, 0.4) is 0 Å². The molecule has 6 heteroatoms. The van der Waals surface area contributed by atoms with Crippen LogP contribution in [0.15, 0.2) is 11.4 Å². The lowest BCUT2D eigenvalue weighted by atomic mass is 10.1. The third-order valence-corrected chi connectivity index (χ3v) is 3.78. The third kappa shape index (κ3) is 3.33. The molecule has 0 saturated carbocycles. The molecule has 1 unspecified atom stereocenters. The Morgan fingerprint density at radius 3 is 2.89 bits per heavy atom. The van der Waals surface area contributed by atoms with Gasteiger partial charge < -0.3 is 15.8 Å². The van der Waals surface area contributed by atoms with Crippen molar-refractivity contribution in [1.82, 2.24) is 9.97 Å². The predicted octanol–water partition coefficient (Wildman–Crippen LogP) is 2.75. The minimum atomic E-state index is 0.206. The monoisotopic (exact) mass is 280 g/mol. The van der Waals surface area contributed by atoms with Crippen LogP contribution < -0.4 is 11.1 Å². The molecule has 2 rings (SSSR count). The summed E-state index contributed by atoms with van der Waals surface area (Å²) in [5.74, 6) is 1.54. The van der Waals surface area contributed by atoms with E-state index in [1.165, 1.54) is 0 Å². The van der Waals surface area contributed by atoms with Crippen molar-refractivity contribution < 1.29 is 4.74 Å². The van der Waals surface area contributed by atoms with Crippen LogP contribution in [-0.4, -0.2) is 29.2 Å². The number of fused-ring (bicyclic) bond motifs is 1. The number of hydrogen-bond donors (Lipinski definition) is 2. The summed E-state index contributed by atoms with van der Waals surface area (Å²) in [5, 5.41) is 6.45. The molecule has 0 saturated heterocycles. The first-order valence-corrected chi connectivity index (χ1v) is 7.34. The van der Waals surface area contributed by atoms with Gasteiger partial charge in [0.1, 0.15) is 10.6 Å². The van der Waals surface area contributed by atoms with E-state index < -0.39 is 0 Å². The van der Waals surface area contributed by atoms with Gasteiger partial charge in [0.05, 0.1) is 18.0 Å². The van der Waals surface area contributed by atoms with Gasteiger partial charge in [0.15, 0.2) is 0 Å². The van der Waals surface area contributed by atoms with Crippen molar-refractivity contribution in [2.24, 2.45) is 5.92 Å². The molecule has 0 radical (unpaired) electrons. The summed E-state index contributed by atoms with van der Waals surface area (Å²) in [6.07, 6.45) is 0. The van der Waals surface area contributed by atoms with E-state index >= 15 is 0 Å². The van der Waals surface area contributed by atoms with Gasteiger partial charge in [0.2, 0.25) is 5.95 Å². The summed E-state index contributed by atoms with van der Waals surface area (Å²) < 4.78 is 5.52. The predicted molar refractivity (Wildman–Crippen MR) is 80.6 cm³/mol. The van der Waals surface area contributed by atoms with Crippen molar-refractivity contribution >= 4 is 33.3 Å². The maximum Gasteiger partial charge on any atom is 0.223 e. The summed E-state index contributed by atoms with van der Waals surface area (Å²) in [5.41, 5.74) is 5.75. The highest BCUT2D eigenvalue weighted by molar-refractivity contribution is 7.16. The molecular weight excluding hydrogens is 260 g/mol. The van der Waals surface area contributed by atoms with Crippen molar-refractivity contribution in [3.63, 3.8) is 0 Å². The fourth-order valence-electron chi connectivity index (χ4n) is 1.80. The zero-order valence-electron chi connectivity index (χ0n) is 11.5. The number of aromatic nitrogens is 2. The highest BCUT2D eigenvalue weighted by atomic mass is 32.1.